The van der Waals surface area contributed by atoms with E-state index in [0.29, 0.717) is 23.6 Å². The number of carbonyl (C=O) groups excluding carboxylic acids is 2. The lowest BCUT2D eigenvalue weighted by molar-refractivity contribution is -0.129. The summed E-state index contributed by atoms with van der Waals surface area (Å²) >= 11 is 0. The number of ether oxygens (including phenoxy) is 2. The van der Waals surface area contributed by atoms with Crippen LogP contribution in [0.5, 0.6) is 5.75 Å². The molecule has 0 spiro atoms. The third kappa shape index (κ3) is 5.29. The van der Waals surface area contributed by atoms with Gasteiger partial charge in [-0.1, -0.05) is 48.5 Å². The fourth-order valence-electron chi connectivity index (χ4n) is 3.23. The maximum atomic E-state index is 12.4. The van der Waals surface area contributed by atoms with Crippen molar-refractivity contribution < 1.29 is 19.1 Å². The zero-order valence-corrected chi connectivity index (χ0v) is 17.6. The van der Waals surface area contributed by atoms with Gasteiger partial charge >= 0.3 is 5.97 Å². The molecule has 0 bridgehead atoms. The largest absolute Gasteiger partial charge is 0.493 e. The lowest BCUT2D eigenvalue weighted by Gasteiger charge is -2.09. The second kappa shape index (κ2) is 9.75. The van der Waals surface area contributed by atoms with Crippen LogP contribution in [-0.4, -0.2) is 24.4 Å². The Kier molecular flexibility index (Phi) is 6.41. The van der Waals surface area contributed by atoms with Crippen LogP contribution in [0.1, 0.15) is 23.6 Å². The van der Waals surface area contributed by atoms with Crippen LogP contribution in [-0.2, 0) is 20.7 Å². The Morgan fingerprint density at radius 3 is 2.47 bits per heavy atom. The van der Waals surface area contributed by atoms with Gasteiger partial charge in [0.15, 0.2) is 5.70 Å². The molecular weight excluding hydrogens is 404 g/mol. The summed E-state index contributed by atoms with van der Waals surface area (Å²) in [5.74, 6) is 0.215. The molecule has 1 aliphatic rings. The van der Waals surface area contributed by atoms with Crippen molar-refractivity contribution in [1.82, 2.24) is 0 Å². The van der Waals surface area contributed by atoms with Crippen LogP contribution in [0.3, 0.4) is 0 Å². The number of benzene rings is 3. The van der Waals surface area contributed by atoms with E-state index < -0.39 is 5.97 Å². The van der Waals surface area contributed by atoms with Gasteiger partial charge < -0.3 is 14.8 Å². The summed E-state index contributed by atoms with van der Waals surface area (Å²) in [4.78, 5) is 27.9. The van der Waals surface area contributed by atoms with E-state index in [0.717, 1.165) is 12.0 Å². The summed E-state index contributed by atoms with van der Waals surface area (Å²) in [6.45, 7) is 1.96. The molecule has 0 radical (unpaired) electrons. The lowest BCUT2D eigenvalue weighted by Crippen LogP contribution is -2.07. The Labute approximate surface area is 186 Å². The Hall–Kier alpha value is -4.19. The summed E-state index contributed by atoms with van der Waals surface area (Å²) in [7, 11) is 0. The van der Waals surface area contributed by atoms with Crippen LogP contribution in [0.4, 0.5) is 5.69 Å². The molecular formula is C26H22N2O4. The fraction of sp³-hybridized carbons (Fsp3) is 0.115. The highest BCUT2D eigenvalue weighted by atomic mass is 16.6. The number of anilines is 1. The van der Waals surface area contributed by atoms with E-state index in [1.165, 1.54) is 12.5 Å². The first-order chi connectivity index (χ1) is 15.6. The second-order valence-electron chi connectivity index (χ2n) is 7.22. The maximum absolute atomic E-state index is 12.4. The number of aliphatic imine (C=N–C) groups is 1. The molecule has 6 nitrogen and oxygen atoms in total. The highest BCUT2D eigenvalue weighted by Crippen LogP contribution is 2.25. The molecule has 0 saturated heterocycles. The molecule has 0 unspecified atom stereocenters. The van der Waals surface area contributed by atoms with Gasteiger partial charge in [0.2, 0.25) is 11.8 Å². The molecule has 0 saturated carbocycles. The minimum atomic E-state index is -0.523. The second-order valence-corrected chi connectivity index (χ2v) is 7.22. The van der Waals surface area contributed by atoms with Crippen molar-refractivity contribution in [3.63, 3.8) is 0 Å². The smallest absolute Gasteiger partial charge is 0.363 e. The van der Waals surface area contributed by atoms with Crippen LogP contribution >= 0.6 is 0 Å². The summed E-state index contributed by atoms with van der Waals surface area (Å²) in [6.07, 6.45) is 2.45. The van der Waals surface area contributed by atoms with Gasteiger partial charge in [-0.2, -0.15) is 0 Å². The first kappa shape index (κ1) is 21.1. The normalized spacial score (nSPS) is 14.1. The van der Waals surface area contributed by atoms with Crippen molar-refractivity contribution in [1.29, 1.82) is 0 Å². The highest BCUT2D eigenvalue weighted by molar-refractivity contribution is 6.13. The minimum absolute atomic E-state index is 0.155. The third-order valence-electron chi connectivity index (χ3n) is 4.78. The van der Waals surface area contributed by atoms with Crippen molar-refractivity contribution >= 4 is 29.5 Å². The van der Waals surface area contributed by atoms with Crippen LogP contribution < -0.4 is 10.1 Å². The number of carbonyl (C=O) groups is 2. The Bertz CT molecular complexity index is 1180. The number of nitrogens with zero attached hydrogens (tertiary/aromatic N) is 1. The van der Waals surface area contributed by atoms with E-state index in [2.05, 4.69) is 22.4 Å². The molecule has 32 heavy (non-hydrogen) atoms. The van der Waals surface area contributed by atoms with E-state index in [1.54, 1.807) is 30.3 Å². The molecule has 0 aliphatic carbocycles. The number of esters is 1. The van der Waals surface area contributed by atoms with E-state index in [1.807, 2.05) is 42.5 Å². The molecule has 6 heteroatoms. The first-order valence-corrected chi connectivity index (χ1v) is 10.2. The Morgan fingerprint density at radius 1 is 1.00 bits per heavy atom. The predicted molar refractivity (Wildman–Crippen MR) is 123 cm³/mol. The van der Waals surface area contributed by atoms with Crippen molar-refractivity contribution in [2.45, 2.75) is 13.3 Å². The number of nitrogens with one attached hydrogen (secondary N) is 1. The van der Waals surface area contributed by atoms with Crippen molar-refractivity contribution in [3.05, 3.63) is 101 Å². The van der Waals surface area contributed by atoms with Crippen molar-refractivity contribution in [2.75, 3.05) is 11.9 Å². The van der Waals surface area contributed by atoms with Gasteiger partial charge in [0, 0.05) is 30.2 Å². The molecule has 3 aromatic rings. The number of rotatable bonds is 7. The molecule has 0 atom stereocenters. The quantitative estimate of drug-likeness (QED) is 0.442. The zero-order valence-electron chi connectivity index (χ0n) is 17.6. The molecule has 1 heterocycles. The number of para-hydroxylation sites is 1. The molecule has 160 valence electrons. The van der Waals surface area contributed by atoms with E-state index in [-0.39, 0.29) is 17.5 Å². The summed E-state index contributed by atoms with van der Waals surface area (Å²) < 4.78 is 11.3. The first-order valence-electron chi connectivity index (χ1n) is 10.2. The average molecular weight is 426 g/mol. The Balaban J connectivity index is 1.49. The van der Waals surface area contributed by atoms with Gasteiger partial charge in [0.05, 0.1) is 6.61 Å². The summed E-state index contributed by atoms with van der Waals surface area (Å²) in [5.41, 5.74) is 3.44. The standard InChI is InChI=1S/C26H22N2O4/c1-18(29)27-22-13-11-20(12-14-22)25-28-23(26(30)32-25)17-21-9-5-6-10-24(21)31-16-15-19-7-3-2-4-8-19/h2-14,17H,15-16H2,1H3,(H,27,29)/b23-17-. The van der Waals surface area contributed by atoms with Crippen molar-refractivity contribution in [2.24, 2.45) is 4.99 Å². The molecule has 1 N–H and O–H groups in total. The van der Waals surface area contributed by atoms with Gasteiger partial charge in [-0.25, -0.2) is 9.79 Å². The third-order valence-corrected chi connectivity index (χ3v) is 4.78. The van der Waals surface area contributed by atoms with Gasteiger partial charge in [0.25, 0.3) is 0 Å². The lowest BCUT2D eigenvalue weighted by atomic mass is 10.1. The molecule has 1 amide bonds. The van der Waals surface area contributed by atoms with Gasteiger partial charge in [-0.3, -0.25) is 4.79 Å². The average Bonchev–Trinajstić information content (AvgIpc) is 3.16. The minimum Gasteiger partial charge on any atom is -0.493 e. The molecule has 0 aromatic heterocycles. The predicted octanol–water partition coefficient (Wildman–Crippen LogP) is 4.61. The zero-order chi connectivity index (χ0) is 22.3. The van der Waals surface area contributed by atoms with Crippen molar-refractivity contribution in [3.8, 4) is 5.75 Å². The topological polar surface area (TPSA) is 77.0 Å². The molecule has 3 aromatic carbocycles. The van der Waals surface area contributed by atoms with Crippen LogP contribution in [0.15, 0.2) is 89.6 Å². The number of hydrogen-bond acceptors (Lipinski definition) is 5. The molecule has 4 rings (SSSR count). The van der Waals surface area contributed by atoms with Crippen LogP contribution in [0, 0.1) is 0 Å². The molecule has 0 fully saturated rings. The molecule has 1 aliphatic heterocycles. The fourth-order valence-corrected chi connectivity index (χ4v) is 3.23. The van der Waals surface area contributed by atoms with Crippen LogP contribution in [0.25, 0.3) is 6.08 Å². The van der Waals surface area contributed by atoms with Gasteiger partial charge in [-0.05, 0) is 42.0 Å². The van der Waals surface area contributed by atoms with E-state index in [4.69, 9.17) is 9.47 Å². The monoisotopic (exact) mass is 426 g/mol. The van der Waals surface area contributed by atoms with Gasteiger partial charge in [-0.15, -0.1) is 0 Å². The van der Waals surface area contributed by atoms with Crippen LogP contribution in [0.2, 0.25) is 0 Å². The summed E-state index contributed by atoms with van der Waals surface area (Å²) in [6, 6.07) is 24.5. The van der Waals surface area contributed by atoms with E-state index in [9.17, 15) is 9.59 Å². The number of hydrogen-bond donors (Lipinski definition) is 1. The highest BCUT2D eigenvalue weighted by Gasteiger charge is 2.24. The summed E-state index contributed by atoms with van der Waals surface area (Å²) in [5, 5.41) is 2.69. The van der Waals surface area contributed by atoms with E-state index >= 15 is 0 Å². The maximum Gasteiger partial charge on any atom is 0.363 e. The van der Waals surface area contributed by atoms with Gasteiger partial charge in [0.1, 0.15) is 5.75 Å². The Morgan fingerprint density at radius 2 is 1.72 bits per heavy atom. The number of amides is 1. The number of cyclic esters (lactones) is 1. The SMILES string of the molecule is CC(=O)Nc1ccc(C2=N/C(=C\c3ccccc3OCCc3ccccc3)C(=O)O2)cc1.